The molecule has 0 aromatic carbocycles. The van der Waals surface area contributed by atoms with E-state index < -0.39 is 0 Å². The SMILES string of the molecule is O=C1C=CCC2=C1OC=CC2. The lowest BCUT2D eigenvalue weighted by atomic mass is 9.99. The van der Waals surface area contributed by atoms with Crippen molar-refractivity contribution in [2.24, 2.45) is 0 Å². The van der Waals surface area contributed by atoms with E-state index in [4.69, 9.17) is 4.74 Å². The fourth-order valence-corrected chi connectivity index (χ4v) is 1.27. The number of rotatable bonds is 0. The van der Waals surface area contributed by atoms with Crippen molar-refractivity contribution < 1.29 is 9.53 Å². The largest absolute Gasteiger partial charge is 0.461 e. The Hall–Kier alpha value is -1.31. The van der Waals surface area contributed by atoms with Gasteiger partial charge in [0.05, 0.1) is 6.26 Å². The summed E-state index contributed by atoms with van der Waals surface area (Å²) in [6, 6.07) is 0. The molecule has 0 spiro atoms. The van der Waals surface area contributed by atoms with Crippen molar-refractivity contribution >= 4 is 5.78 Å². The summed E-state index contributed by atoms with van der Waals surface area (Å²) in [6.07, 6.45) is 8.65. The Morgan fingerprint density at radius 3 is 2.91 bits per heavy atom. The zero-order valence-corrected chi connectivity index (χ0v) is 6.04. The lowest BCUT2D eigenvalue weighted by molar-refractivity contribution is -0.114. The van der Waals surface area contributed by atoms with Gasteiger partial charge in [-0.2, -0.15) is 0 Å². The van der Waals surface area contributed by atoms with E-state index in [1.807, 2.05) is 12.2 Å². The van der Waals surface area contributed by atoms with Crippen LogP contribution in [0.4, 0.5) is 0 Å². The molecule has 0 fully saturated rings. The van der Waals surface area contributed by atoms with Gasteiger partial charge in [-0.15, -0.1) is 0 Å². The lowest BCUT2D eigenvalue weighted by Gasteiger charge is -2.16. The molecule has 2 rings (SSSR count). The van der Waals surface area contributed by atoms with Gasteiger partial charge in [-0.1, -0.05) is 6.08 Å². The molecule has 0 unspecified atom stereocenters. The van der Waals surface area contributed by atoms with Crippen LogP contribution in [0.2, 0.25) is 0 Å². The Morgan fingerprint density at radius 2 is 2.09 bits per heavy atom. The monoisotopic (exact) mass is 148 g/mol. The van der Waals surface area contributed by atoms with Gasteiger partial charge in [-0.25, -0.2) is 0 Å². The predicted molar refractivity (Wildman–Crippen MR) is 40.6 cm³/mol. The van der Waals surface area contributed by atoms with Gasteiger partial charge in [0, 0.05) is 0 Å². The molecule has 0 amide bonds. The van der Waals surface area contributed by atoms with Crippen molar-refractivity contribution in [3.63, 3.8) is 0 Å². The first kappa shape index (κ1) is 6.40. The van der Waals surface area contributed by atoms with Gasteiger partial charge in [-0.3, -0.25) is 4.79 Å². The van der Waals surface area contributed by atoms with Gasteiger partial charge in [0.2, 0.25) is 5.78 Å². The molecule has 0 N–H and O–H groups in total. The number of hydrogen-bond donors (Lipinski definition) is 0. The summed E-state index contributed by atoms with van der Waals surface area (Å²) in [7, 11) is 0. The Kier molecular flexibility index (Phi) is 1.39. The summed E-state index contributed by atoms with van der Waals surface area (Å²) in [6.45, 7) is 0. The van der Waals surface area contributed by atoms with E-state index in [0.29, 0.717) is 5.76 Å². The van der Waals surface area contributed by atoms with Crippen LogP contribution in [-0.2, 0) is 9.53 Å². The van der Waals surface area contributed by atoms with Crippen LogP contribution in [0.15, 0.2) is 35.8 Å². The molecule has 11 heavy (non-hydrogen) atoms. The number of allylic oxidation sites excluding steroid dienone is 4. The van der Waals surface area contributed by atoms with Gasteiger partial charge in [0.15, 0.2) is 5.76 Å². The molecule has 1 aliphatic heterocycles. The highest BCUT2D eigenvalue weighted by Crippen LogP contribution is 2.24. The smallest absolute Gasteiger partial charge is 0.220 e. The standard InChI is InChI=1S/C9H8O2/c10-8-5-1-3-7-4-2-6-11-9(7)8/h1-2,5-6H,3-4H2. The molecule has 1 heterocycles. The van der Waals surface area contributed by atoms with Crippen molar-refractivity contribution in [3.05, 3.63) is 35.8 Å². The molecule has 2 heteroatoms. The molecular weight excluding hydrogens is 140 g/mol. The maximum Gasteiger partial charge on any atom is 0.220 e. The van der Waals surface area contributed by atoms with E-state index >= 15 is 0 Å². The van der Waals surface area contributed by atoms with Crippen molar-refractivity contribution in [1.82, 2.24) is 0 Å². The molecule has 0 atom stereocenters. The van der Waals surface area contributed by atoms with Crippen molar-refractivity contribution in [2.75, 3.05) is 0 Å². The summed E-state index contributed by atoms with van der Waals surface area (Å²) in [5.74, 6) is 0.533. The van der Waals surface area contributed by atoms with Crippen LogP contribution >= 0.6 is 0 Å². The minimum atomic E-state index is -0.00407. The normalized spacial score (nSPS) is 21.6. The third-order valence-electron chi connectivity index (χ3n) is 1.82. The number of hydrogen-bond acceptors (Lipinski definition) is 2. The van der Waals surface area contributed by atoms with E-state index in [2.05, 4.69) is 0 Å². The molecule has 0 aromatic heterocycles. The van der Waals surface area contributed by atoms with Crippen LogP contribution in [-0.4, -0.2) is 5.78 Å². The highest BCUT2D eigenvalue weighted by molar-refractivity contribution is 6.04. The van der Waals surface area contributed by atoms with Crippen molar-refractivity contribution in [1.29, 1.82) is 0 Å². The van der Waals surface area contributed by atoms with Crippen molar-refractivity contribution in [2.45, 2.75) is 12.8 Å². The second-order valence-corrected chi connectivity index (χ2v) is 2.60. The van der Waals surface area contributed by atoms with Crippen LogP contribution in [0.5, 0.6) is 0 Å². The first-order valence-corrected chi connectivity index (χ1v) is 3.62. The fourth-order valence-electron chi connectivity index (χ4n) is 1.27. The second kappa shape index (κ2) is 2.38. The number of ketones is 1. The third kappa shape index (κ3) is 1.00. The Labute approximate surface area is 64.9 Å². The molecule has 2 nitrogen and oxygen atoms in total. The Bertz CT molecular complexity index is 278. The average molecular weight is 148 g/mol. The average Bonchev–Trinajstić information content (AvgIpc) is 2.06. The first-order chi connectivity index (χ1) is 5.38. The van der Waals surface area contributed by atoms with Gasteiger partial charge in [-0.05, 0) is 30.6 Å². The van der Waals surface area contributed by atoms with Gasteiger partial charge in [0.25, 0.3) is 0 Å². The minimum Gasteiger partial charge on any atom is -0.461 e. The van der Waals surface area contributed by atoms with Crippen LogP contribution in [0, 0.1) is 0 Å². The molecular formula is C9H8O2. The summed E-state index contributed by atoms with van der Waals surface area (Å²) in [4.78, 5) is 11.1. The summed E-state index contributed by atoms with van der Waals surface area (Å²) in [5, 5.41) is 0. The van der Waals surface area contributed by atoms with Crippen LogP contribution in [0.3, 0.4) is 0 Å². The number of carbonyl (C=O) groups is 1. The maximum absolute atomic E-state index is 11.1. The number of carbonyl (C=O) groups excluding carboxylic acids is 1. The zero-order valence-electron chi connectivity index (χ0n) is 6.04. The summed E-state index contributed by atoms with van der Waals surface area (Å²) < 4.78 is 5.09. The topological polar surface area (TPSA) is 26.3 Å². The highest BCUT2D eigenvalue weighted by atomic mass is 16.5. The Morgan fingerprint density at radius 1 is 1.27 bits per heavy atom. The summed E-state index contributed by atoms with van der Waals surface area (Å²) >= 11 is 0. The molecule has 2 aliphatic rings. The van der Waals surface area contributed by atoms with Crippen molar-refractivity contribution in [3.8, 4) is 0 Å². The molecule has 0 saturated heterocycles. The minimum absolute atomic E-state index is 0.00407. The van der Waals surface area contributed by atoms with E-state index in [-0.39, 0.29) is 5.78 Å². The predicted octanol–water partition coefficient (Wildman–Crippen LogP) is 1.70. The molecule has 0 aromatic rings. The fraction of sp³-hybridized carbons (Fsp3) is 0.222. The molecule has 0 saturated carbocycles. The van der Waals surface area contributed by atoms with E-state index in [0.717, 1.165) is 18.4 Å². The van der Waals surface area contributed by atoms with E-state index in [9.17, 15) is 4.79 Å². The number of ether oxygens (including phenoxy) is 1. The van der Waals surface area contributed by atoms with Crippen LogP contribution in [0.1, 0.15) is 12.8 Å². The molecule has 56 valence electrons. The zero-order chi connectivity index (χ0) is 7.68. The van der Waals surface area contributed by atoms with E-state index in [1.54, 1.807) is 12.3 Å². The molecule has 1 aliphatic carbocycles. The Balaban J connectivity index is 2.33. The first-order valence-electron chi connectivity index (χ1n) is 3.62. The molecule has 0 bridgehead atoms. The van der Waals surface area contributed by atoms with Crippen LogP contribution < -0.4 is 0 Å². The second-order valence-electron chi connectivity index (χ2n) is 2.60. The van der Waals surface area contributed by atoms with Crippen LogP contribution in [0.25, 0.3) is 0 Å². The molecule has 0 radical (unpaired) electrons. The van der Waals surface area contributed by atoms with E-state index in [1.165, 1.54) is 0 Å². The third-order valence-corrected chi connectivity index (χ3v) is 1.82. The van der Waals surface area contributed by atoms with Gasteiger partial charge >= 0.3 is 0 Å². The van der Waals surface area contributed by atoms with Gasteiger partial charge in [0.1, 0.15) is 0 Å². The highest BCUT2D eigenvalue weighted by Gasteiger charge is 2.18. The lowest BCUT2D eigenvalue weighted by Crippen LogP contribution is -2.10. The van der Waals surface area contributed by atoms with Gasteiger partial charge < -0.3 is 4.74 Å². The summed E-state index contributed by atoms with van der Waals surface area (Å²) in [5.41, 5.74) is 1.10. The quantitative estimate of drug-likeness (QED) is 0.522. The maximum atomic E-state index is 11.1.